The fourth-order valence-electron chi connectivity index (χ4n) is 5.51. The van der Waals surface area contributed by atoms with Crippen molar-refractivity contribution in [3.63, 3.8) is 0 Å². The van der Waals surface area contributed by atoms with Crippen LogP contribution >= 0.6 is 0 Å². The van der Waals surface area contributed by atoms with E-state index >= 15 is 0 Å². The first kappa shape index (κ1) is 39.2. The molecule has 13 heteroatoms. The zero-order valence-electron chi connectivity index (χ0n) is 29.3. The molecule has 1 aliphatic rings. The van der Waals surface area contributed by atoms with Crippen LogP contribution in [0.4, 0.5) is 0 Å². The number of benzene rings is 3. The molecule has 3 aromatic carbocycles. The number of carboxylic acid groups (broad SMARTS) is 2. The molecule has 0 aliphatic carbocycles. The maximum absolute atomic E-state index is 12.9. The number of aromatic hydroxyl groups is 2. The standard InChI is InChI=1S/C33H40N6O3.C3H6O2.CH2O2/c1-5-34-33(42)32-36-35-31(28-18-27(22(2)3)29(40)19-30(28)41)39(32)26-11-9-24(10-12-26)20-37-13-15-38(16-14-37)21-25-8-6-7-23(4)17-25;1-2-3(4)5;2-1-3/h6-12,17-19,22,40-41H,5,13-16,20-21H2,1-4H3,(H,34,42);2H2,1H3,(H,4,5);1H,(H,2,3). The van der Waals surface area contributed by atoms with Gasteiger partial charge in [-0.15, -0.1) is 10.2 Å². The summed E-state index contributed by atoms with van der Waals surface area (Å²) in [7, 11) is 0. The summed E-state index contributed by atoms with van der Waals surface area (Å²) >= 11 is 0. The lowest BCUT2D eigenvalue weighted by atomic mass is 9.98. The molecule has 0 saturated carbocycles. The van der Waals surface area contributed by atoms with Crippen LogP contribution in [0.5, 0.6) is 11.5 Å². The number of aliphatic carboxylic acids is 1. The van der Waals surface area contributed by atoms with Gasteiger partial charge in [0.2, 0.25) is 5.82 Å². The van der Waals surface area contributed by atoms with E-state index in [-0.39, 0.29) is 42.0 Å². The molecule has 5 N–H and O–H groups in total. The van der Waals surface area contributed by atoms with Crippen molar-refractivity contribution in [2.75, 3.05) is 32.7 Å². The van der Waals surface area contributed by atoms with Crippen molar-refractivity contribution in [3.05, 3.63) is 88.7 Å². The molecule has 0 atom stereocenters. The van der Waals surface area contributed by atoms with Crippen LogP contribution in [-0.4, -0.2) is 96.1 Å². The Hall–Kier alpha value is -5.27. The highest BCUT2D eigenvalue weighted by atomic mass is 16.4. The first-order valence-corrected chi connectivity index (χ1v) is 16.6. The van der Waals surface area contributed by atoms with E-state index in [1.54, 1.807) is 17.6 Å². The molecule has 5 rings (SSSR count). The molecule has 0 spiro atoms. The van der Waals surface area contributed by atoms with Crippen LogP contribution in [-0.2, 0) is 22.7 Å². The first-order valence-electron chi connectivity index (χ1n) is 16.6. The third kappa shape index (κ3) is 10.9. The molecule has 1 fully saturated rings. The third-order valence-corrected chi connectivity index (χ3v) is 8.07. The largest absolute Gasteiger partial charge is 0.508 e. The SMILES string of the molecule is CCC(=O)O.CCNC(=O)c1nnc(-c2cc(C(C)C)c(O)cc2O)n1-c1ccc(CN2CCN(Cc3cccc(C)c3)CC2)cc1.O=CO. The minimum Gasteiger partial charge on any atom is -0.508 e. The number of rotatable bonds is 10. The molecule has 4 aromatic rings. The second-order valence-electron chi connectivity index (χ2n) is 12.2. The molecule has 0 bridgehead atoms. The number of nitrogens with one attached hydrogen (secondary N) is 1. The molecular formula is C37H48N6O7. The van der Waals surface area contributed by atoms with E-state index < -0.39 is 5.97 Å². The van der Waals surface area contributed by atoms with Gasteiger partial charge in [-0.05, 0) is 54.7 Å². The Bertz CT molecular complexity index is 1710. The van der Waals surface area contributed by atoms with Gasteiger partial charge < -0.3 is 25.7 Å². The summed E-state index contributed by atoms with van der Waals surface area (Å²) in [4.78, 5) is 35.6. The molecule has 1 aliphatic heterocycles. The fourth-order valence-corrected chi connectivity index (χ4v) is 5.51. The summed E-state index contributed by atoms with van der Waals surface area (Å²) in [5, 5.41) is 47.1. The molecule has 1 aromatic heterocycles. The quantitative estimate of drug-likeness (QED) is 0.141. The smallest absolute Gasteiger partial charge is 0.303 e. The molecule has 0 radical (unpaired) electrons. The van der Waals surface area contributed by atoms with Gasteiger partial charge in [0.25, 0.3) is 12.4 Å². The van der Waals surface area contributed by atoms with Crippen molar-refractivity contribution in [2.45, 2.75) is 60.0 Å². The molecule has 13 nitrogen and oxygen atoms in total. The highest BCUT2D eigenvalue weighted by molar-refractivity contribution is 5.92. The van der Waals surface area contributed by atoms with E-state index in [1.165, 1.54) is 22.8 Å². The minimum absolute atomic E-state index is 0.0154. The Morgan fingerprint density at radius 3 is 1.98 bits per heavy atom. The fraction of sp³-hybridized carbons (Fsp3) is 0.378. The van der Waals surface area contributed by atoms with E-state index in [2.05, 4.69) is 68.6 Å². The van der Waals surface area contributed by atoms with Gasteiger partial charge in [0, 0.05) is 64.0 Å². The number of nitrogens with zero attached hydrogens (tertiary/aromatic N) is 5. The van der Waals surface area contributed by atoms with Gasteiger partial charge in [-0.3, -0.25) is 28.8 Å². The van der Waals surface area contributed by atoms with E-state index in [4.69, 9.17) is 15.0 Å². The summed E-state index contributed by atoms with van der Waals surface area (Å²) < 4.78 is 1.66. The molecule has 268 valence electrons. The number of carbonyl (C=O) groups excluding carboxylic acids is 1. The number of piperazine rings is 1. The normalized spacial score (nSPS) is 13.1. The van der Waals surface area contributed by atoms with E-state index in [0.29, 0.717) is 29.2 Å². The zero-order chi connectivity index (χ0) is 36.8. The molecule has 50 heavy (non-hydrogen) atoms. The number of aryl methyl sites for hydroxylation is 1. The third-order valence-electron chi connectivity index (χ3n) is 8.07. The molecule has 1 saturated heterocycles. The average Bonchev–Trinajstić information content (AvgIpc) is 3.52. The lowest BCUT2D eigenvalue weighted by Gasteiger charge is -2.34. The van der Waals surface area contributed by atoms with Crippen molar-refractivity contribution in [1.82, 2.24) is 29.9 Å². The highest BCUT2D eigenvalue weighted by Crippen LogP contribution is 2.38. The molecular weight excluding hydrogens is 640 g/mol. The zero-order valence-corrected chi connectivity index (χ0v) is 29.3. The Morgan fingerprint density at radius 2 is 1.46 bits per heavy atom. The van der Waals surface area contributed by atoms with Gasteiger partial charge in [0.15, 0.2) is 5.82 Å². The number of phenolic OH excluding ortho intramolecular Hbond substituents is 2. The summed E-state index contributed by atoms with van der Waals surface area (Å²) in [6.07, 6.45) is 0.222. The van der Waals surface area contributed by atoms with E-state index in [9.17, 15) is 19.8 Å². The Morgan fingerprint density at radius 1 is 0.880 bits per heavy atom. The highest BCUT2D eigenvalue weighted by Gasteiger charge is 2.24. The molecule has 0 unspecified atom stereocenters. The van der Waals surface area contributed by atoms with Crippen molar-refractivity contribution in [1.29, 1.82) is 0 Å². The van der Waals surface area contributed by atoms with Gasteiger partial charge in [-0.2, -0.15) is 0 Å². The summed E-state index contributed by atoms with van der Waals surface area (Å²) in [6.45, 7) is 15.6. The van der Waals surface area contributed by atoms with Crippen LogP contribution in [0, 0.1) is 6.92 Å². The van der Waals surface area contributed by atoms with Crippen molar-refractivity contribution in [2.24, 2.45) is 0 Å². The van der Waals surface area contributed by atoms with Crippen LogP contribution in [0.25, 0.3) is 17.1 Å². The second-order valence-corrected chi connectivity index (χ2v) is 12.2. The van der Waals surface area contributed by atoms with Crippen LogP contribution in [0.15, 0.2) is 60.7 Å². The van der Waals surface area contributed by atoms with E-state index in [0.717, 1.165) is 39.3 Å². The minimum atomic E-state index is -0.745. The Balaban J connectivity index is 0.000000765. The van der Waals surface area contributed by atoms with Gasteiger partial charge >= 0.3 is 5.97 Å². The van der Waals surface area contributed by atoms with Crippen LogP contribution in [0.2, 0.25) is 0 Å². The monoisotopic (exact) mass is 688 g/mol. The number of carboxylic acids is 1. The first-order chi connectivity index (χ1) is 23.9. The average molecular weight is 689 g/mol. The Labute approximate surface area is 292 Å². The number of phenols is 2. The van der Waals surface area contributed by atoms with Crippen molar-refractivity contribution in [3.8, 4) is 28.6 Å². The van der Waals surface area contributed by atoms with Gasteiger partial charge in [-0.1, -0.05) is 62.7 Å². The number of hydrogen-bond acceptors (Lipinski definition) is 9. The van der Waals surface area contributed by atoms with Crippen molar-refractivity contribution >= 4 is 18.3 Å². The topological polar surface area (TPSA) is 181 Å². The maximum Gasteiger partial charge on any atom is 0.303 e. The lowest BCUT2D eigenvalue weighted by molar-refractivity contribution is -0.136. The second kappa shape index (κ2) is 19.1. The van der Waals surface area contributed by atoms with Gasteiger partial charge in [0.05, 0.1) is 5.56 Å². The van der Waals surface area contributed by atoms with E-state index in [1.807, 2.05) is 32.9 Å². The Kier molecular flexibility index (Phi) is 14.9. The van der Waals surface area contributed by atoms with Crippen LogP contribution in [0.3, 0.4) is 0 Å². The van der Waals surface area contributed by atoms with Crippen LogP contribution in [0.1, 0.15) is 72.9 Å². The predicted octanol–water partition coefficient (Wildman–Crippen LogP) is 5.03. The number of aromatic nitrogens is 3. The molecule has 1 amide bonds. The lowest BCUT2D eigenvalue weighted by Crippen LogP contribution is -2.45. The summed E-state index contributed by atoms with van der Waals surface area (Å²) in [6, 6.07) is 19.8. The van der Waals surface area contributed by atoms with Gasteiger partial charge in [-0.25, -0.2) is 0 Å². The molecule has 2 heterocycles. The number of carbonyl (C=O) groups is 3. The van der Waals surface area contributed by atoms with Crippen LogP contribution < -0.4 is 5.32 Å². The summed E-state index contributed by atoms with van der Waals surface area (Å²) in [5.74, 6) is -0.743. The van der Waals surface area contributed by atoms with Gasteiger partial charge in [0.1, 0.15) is 11.5 Å². The summed E-state index contributed by atoms with van der Waals surface area (Å²) in [5.41, 5.74) is 5.61. The number of amides is 1. The maximum atomic E-state index is 12.9. The number of hydrogen-bond donors (Lipinski definition) is 5. The predicted molar refractivity (Wildman–Crippen MR) is 191 cm³/mol. The van der Waals surface area contributed by atoms with Crippen molar-refractivity contribution < 1.29 is 34.8 Å².